The van der Waals surface area contributed by atoms with Crippen molar-refractivity contribution in [1.82, 2.24) is 4.72 Å². The van der Waals surface area contributed by atoms with Crippen LogP contribution in [0.3, 0.4) is 0 Å². The first-order chi connectivity index (χ1) is 12.9. The number of benzene rings is 2. The van der Waals surface area contributed by atoms with Gasteiger partial charge in [-0.3, -0.25) is 10.1 Å². The van der Waals surface area contributed by atoms with E-state index in [-0.39, 0.29) is 17.2 Å². The third kappa shape index (κ3) is 5.41. The van der Waals surface area contributed by atoms with Crippen LogP contribution >= 0.6 is 11.6 Å². The van der Waals surface area contributed by atoms with Crippen molar-refractivity contribution in [2.45, 2.75) is 37.6 Å². The van der Waals surface area contributed by atoms with Crippen LogP contribution in [0.1, 0.15) is 26.3 Å². The second-order valence-corrected chi connectivity index (χ2v) is 9.21. The minimum Gasteiger partial charge on any atom is -0.396 e. The lowest BCUT2D eigenvalue weighted by molar-refractivity contribution is -0.384. The van der Waals surface area contributed by atoms with Gasteiger partial charge in [-0.1, -0.05) is 23.7 Å². The first kappa shape index (κ1) is 22.1. The molecule has 3 N–H and O–H groups in total. The number of hydrogen-bond acceptors (Lipinski definition) is 6. The Balaban J connectivity index is 2.44. The zero-order valence-electron chi connectivity index (χ0n) is 15.7. The molecule has 0 saturated carbocycles. The molecular weight excluding hydrogens is 406 g/mol. The van der Waals surface area contributed by atoms with Crippen molar-refractivity contribution in [1.29, 1.82) is 0 Å². The first-order valence-corrected chi connectivity index (χ1v) is 10.3. The molecule has 0 aliphatic heterocycles. The number of nitro groups is 1. The molecule has 2 aromatic rings. The van der Waals surface area contributed by atoms with Crippen molar-refractivity contribution in [2.24, 2.45) is 0 Å². The van der Waals surface area contributed by atoms with Crippen molar-refractivity contribution in [3.63, 3.8) is 0 Å². The predicted octanol–water partition coefficient (Wildman–Crippen LogP) is 3.60. The normalized spacial score (nSPS) is 12.0. The highest BCUT2D eigenvalue weighted by Gasteiger charge is 2.30. The monoisotopic (exact) mass is 427 g/mol. The summed E-state index contributed by atoms with van der Waals surface area (Å²) < 4.78 is 27.5. The van der Waals surface area contributed by atoms with Crippen LogP contribution in [-0.4, -0.2) is 30.6 Å². The van der Waals surface area contributed by atoms with Gasteiger partial charge in [-0.2, -0.15) is 0 Å². The van der Waals surface area contributed by atoms with E-state index < -0.39 is 31.2 Å². The molecule has 10 heteroatoms. The van der Waals surface area contributed by atoms with Crippen molar-refractivity contribution in [3.8, 4) is 0 Å². The van der Waals surface area contributed by atoms with Gasteiger partial charge in [0.05, 0.1) is 4.92 Å². The fraction of sp³-hybridized carbons (Fsp3) is 0.333. The van der Waals surface area contributed by atoms with Crippen LogP contribution in [0.2, 0.25) is 5.02 Å². The number of rotatable bonds is 7. The van der Waals surface area contributed by atoms with Crippen LogP contribution in [0.4, 0.5) is 17.1 Å². The highest BCUT2D eigenvalue weighted by molar-refractivity contribution is 7.89. The fourth-order valence-electron chi connectivity index (χ4n) is 2.53. The number of nitrogens with one attached hydrogen (secondary N) is 2. The van der Waals surface area contributed by atoms with Gasteiger partial charge in [0.1, 0.15) is 15.6 Å². The van der Waals surface area contributed by atoms with Gasteiger partial charge >= 0.3 is 5.69 Å². The summed E-state index contributed by atoms with van der Waals surface area (Å²) in [6, 6.07) is 9.49. The van der Waals surface area contributed by atoms with Crippen molar-refractivity contribution < 1.29 is 18.4 Å². The molecule has 0 atom stereocenters. The Hall–Kier alpha value is -2.20. The third-order valence-electron chi connectivity index (χ3n) is 3.63. The van der Waals surface area contributed by atoms with E-state index in [1.54, 1.807) is 45.0 Å². The summed E-state index contributed by atoms with van der Waals surface area (Å²) in [7, 11) is -4.04. The van der Waals surface area contributed by atoms with E-state index in [1.165, 1.54) is 12.1 Å². The third-order valence-corrected chi connectivity index (χ3v) is 5.92. The highest BCUT2D eigenvalue weighted by atomic mass is 35.5. The first-order valence-electron chi connectivity index (χ1n) is 8.42. The van der Waals surface area contributed by atoms with Gasteiger partial charge in [0, 0.05) is 17.8 Å². The van der Waals surface area contributed by atoms with Crippen LogP contribution in [-0.2, 0) is 16.4 Å². The lowest BCUT2D eigenvalue weighted by Gasteiger charge is -2.21. The molecule has 0 aromatic heterocycles. The smallest absolute Gasteiger partial charge is 0.312 e. The molecule has 0 aliphatic rings. The summed E-state index contributed by atoms with van der Waals surface area (Å²) in [5.74, 6) is 0. The van der Waals surface area contributed by atoms with Crippen molar-refractivity contribution in [3.05, 3.63) is 57.1 Å². The van der Waals surface area contributed by atoms with E-state index in [4.69, 9.17) is 16.7 Å². The average Bonchev–Trinajstić information content (AvgIpc) is 2.54. The molecule has 2 aromatic carbocycles. The molecule has 0 heterocycles. The Morgan fingerprint density at radius 2 is 1.75 bits per heavy atom. The zero-order valence-corrected chi connectivity index (χ0v) is 17.3. The Labute approximate surface area is 168 Å². The average molecular weight is 428 g/mol. The van der Waals surface area contributed by atoms with Crippen LogP contribution in [0.25, 0.3) is 0 Å². The summed E-state index contributed by atoms with van der Waals surface area (Å²) in [5, 5.41) is 22.9. The standard InChI is InChI=1S/C18H22ClN3O5S/c1-18(2,3)21-28(26,27)15-9-8-14(17(16(15)19)22(24)25)20-13-6-4-12(5-7-13)10-11-23/h4-9,20-21,23H,10-11H2,1-3H3. The van der Waals surface area contributed by atoms with Crippen LogP contribution < -0.4 is 10.0 Å². The number of halogens is 1. The number of hydrogen-bond donors (Lipinski definition) is 3. The summed E-state index contributed by atoms with van der Waals surface area (Å²) in [5.41, 5.74) is 0.238. The van der Waals surface area contributed by atoms with Crippen LogP contribution in [0.5, 0.6) is 0 Å². The minimum atomic E-state index is -4.04. The number of sulfonamides is 1. The maximum atomic E-state index is 12.6. The number of nitro benzene ring substituents is 1. The molecule has 152 valence electrons. The summed E-state index contributed by atoms with van der Waals surface area (Å²) in [6.07, 6.45) is 0.500. The Kier molecular flexibility index (Phi) is 6.66. The Bertz CT molecular complexity index is 970. The van der Waals surface area contributed by atoms with Gasteiger partial charge in [-0.05, 0) is 57.0 Å². The molecule has 0 saturated heterocycles. The van der Waals surface area contributed by atoms with Crippen molar-refractivity contribution in [2.75, 3.05) is 11.9 Å². The van der Waals surface area contributed by atoms with E-state index in [0.29, 0.717) is 12.1 Å². The molecule has 2 rings (SSSR count). The lowest BCUT2D eigenvalue weighted by atomic mass is 10.1. The molecule has 0 radical (unpaired) electrons. The number of aliphatic hydroxyl groups excluding tert-OH is 1. The Morgan fingerprint density at radius 3 is 2.25 bits per heavy atom. The van der Waals surface area contributed by atoms with Gasteiger partial charge in [0.25, 0.3) is 0 Å². The molecule has 0 spiro atoms. The maximum absolute atomic E-state index is 12.6. The number of aliphatic hydroxyl groups is 1. The van der Waals surface area contributed by atoms with Gasteiger partial charge < -0.3 is 10.4 Å². The summed E-state index contributed by atoms with van der Waals surface area (Å²) >= 11 is 6.13. The van der Waals surface area contributed by atoms with E-state index in [0.717, 1.165) is 5.56 Å². The van der Waals surface area contributed by atoms with E-state index in [1.807, 2.05) is 0 Å². The predicted molar refractivity (Wildman–Crippen MR) is 109 cm³/mol. The highest BCUT2D eigenvalue weighted by Crippen LogP contribution is 2.39. The van der Waals surface area contributed by atoms with Gasteiger partial charge in [-0.15, -0.1) is 0 Å². The largest absolute Gasteiger partial charge is 0.396 e. The van der Waals surface area contributed by atoms with E-state index in [9.17, 15) is 18.5 Å². The molecular formula is C18H22ClN3O5S. The van der Waals surface area contributed by atoms with Crippen LogP contribution in [0.15, 0.2) is 41.3 Å². The second-order valence-electron chi connectivity index (χ2n) is 7.18. The summed E-state index contributed by atoms with van der Waals surface area (Å²) in [6.45, 7) is 4.99. The Morgan fingerprint density at radius 1 is 1.14 bits per heavy atom. The van der Waals surface area contributed by atoms with Gasteiger partial charge in [0.15, 0.2) is 0 Å². The molecule has 0 aliphatic carbocycles. The molecule has 8 nitrogen and oxygen atoms in total. The molecule has 28 heavy (non-hydrogen) atoms. The quantitative estimate of drug-likeness (QED) is 0.458. The van der Waals surface area contributed by atoms with E-state index in [2.05, 4.69) is 10.0 Å². The number of anilines is 2. The van der Waals surface area contributed by atoms with Gasteiger partial charge in [-0.25, -0.2) is 13.1 Å². The maximum Gasteiger partial charge on any atom is 0.312 e. The second kappa shape index (κ2) is 8.44. The number of nitrogens with zero attached hydrogens (tertiary/aromatic N) is 1. The topological polar surface area (TPSA) is 122 Å². The van der Waals surface area contributed by atoms with Crippen LogP contribution in [0, 0.1) is 10.1 Å². The van der Waals surface area contributed by atoms with Gasteiger partial charge in [0.2, 0.25) is 10.0 Å². The minimum absolute atomic E-state index is 0.0202. The summed E-state index contributed by atoms with van der Waals surface area (Å²) in [4.78, 5) is 10.5. The molecule has 0 bridgehead atoms. The SMILES string of the molecule is CC(C)(C)NS(=O)(=O)c1ccc(Nc2ccc(CCO)cc2)c([N+](=O)[O-])c1Cl. The molecule has 0 amide bonds. The zero-order chi connectivity index (χ0) is 21.1. The van der Waals surface area contributed by atoms with E-state index >= 15 is 0 Å². The molecule has 0 unspecified atom stereocenters. The van der Waals surface area contributed by atoms with Crippen molar-refractivity contribution >= 4 is 38.7 Å². The lowest BCUT2D eigenvalue weighted by Crippen LogP contribution is -2.40. The fourth-order valence-corrected chi connectivity index (χ4v) is 4.56. The molecule has 0 fully saturated rings.